The van der Waals surface area contributed by atoms with E-state index in [0.717, 1.165) is 36.7 Å². The van der Waals surface area contributed by atoms with Crippen molar-refractivity contribution >= 4 is 5.82 Å². The lowest BCUT2D eigenvalue weighted by molar-refractivity contribution is 0.750. The molecular weight excluding hydrogens is 226 g/mol. The monoisotopic (exact) mass is 241 g/mol. The predicted molar refractivity (Wildman–Crippen MR) is 70.1 cm³/mol. The van der Waals surface area contributed by atoms with Gasteiger partial charge in [0.25, 0.3) is 0 Å². The van der Waals surface area contributed by atoms with Crippen LogP contribution in [0.5, 0.6) is 0 Å². The first kappa shape index (κ1) is 11.1. The molecule has 92 valence electrons. The van der Waals surface area contributed by atoms with Gasteiger partial charge >= 0.3 is 0 Å². The first-order valence-electron chi connectivity index (χ1n) is 6.08. The molecule has 3 heterocycles. The Morgan fingerprint density at radius 2 is 2.06 bits per heavy atom. The van der Waals surface area contributed by atoms with Crippen molar-refractivity contribution in [3.8, 4) is 11.4 Å². The van der Waals surface area contributed by atoms with E-state index in [4.69, 9.17) is 5.73 Å². The van der Waals surface area contributed by atoms with Gasteiger partial charge in [-0.2, -0.15) is 0 Å². The summed E-state index contributed by atoms with van der Waals surface area (Å²) in [6, 6.07) is 9.94. The fourth-order valence-electron chi connectivity index (χ4n) is 2.14. The van der Waals surface area contributed by atoms with E-state index in [2.05, 4.69) is 20.1 Å². The zero-order valence-electron chi connectivity index (χ0n) is 10.0. The highest BCUT2D eigenvalue weighted by molar-refractivity contribution is 5.55. The second-order valence-corrected chi connectivity index (χ2v) is 4.49. The minimum atomic E-state index is 0.252. The maximum absolute atomic E-state index is 5.88. The third-order valence-corrected chi connectivity index (χ3v) is 3.13. The third kappa shape index (κ3) is 2.17. The molecule has 1 aliphatic heterocycles. The predicted octanol–water partition coefficient (Wildman–Crippen LogP) is 1.08. The highest BCUT2D eigenvalue weighted by atomic mass is 15.3. The van der Waals surface area contributed by atoms with Crippen LogP contribution in [0.2, 0.25) is 0 Å². The van der Waals surface area contributed by atoms with Crippen LogP contribution in [0, 0.1) is 0 Å². The minimum Gasteiger partial charge on any atom is -0.354 e. The van der Waals surface area contributed by atoms with Crippen molar-refractivity contribution in [3.05, 3.63) is 36.5 Å². The van der Waals surface area contributed by atoms with Gasteiger partial charge in [-0.3, -0.25) is 4.98 Å². The van der Waals surface area contributed by atoms with Crippen LogP contribution in [0.3, 0.4) is 0 Å². The Labute approximate surface area is 106 Å². The summed E-state index contributed by atoms with van der Waals surface area (Å²) in [5.74, 6) is 0.891. The molecule has 0 saturated carbocycles. The molecular formula is C13H15N5. The van der Waals surface area contributed by atoms with E-state index < -0.39 is 0 Å². The summed E-state index contributed by atoms with van der Waals surface area (Å²) >= 11 is 0. The molecule has 2 aromatic heterocycles. The second kappa shape index (κ2) is 4.70. The molecule has 5 nitrogen and oxygen atoms in total. The van der Waals surface area contributed by atoms with Crippen LogP contribution in [0.25, 0.3) is 11.4 Å². The molecule has 0 amide bonds. The number of nitrogens with two attached hydrogens (primary N) is 1. The molecule has 1 aliphatic rings. The lowest BCUT2D eigenvalue weighted by Gasteiger charge is -2.15. The molecule has 5 heteroatoms. The fourth-order valence-corrected chi connectivity index (χ4v) is 2.14. The highest BCUT2D eigenvalue weighted by Gasteiger charge is 2.20. The zero-order valence-corrected chi connectivity index (χ0v) is 10.0. The molecule has 1 unspecified atom stereocenters. The maximum atomic E-state index is 5.88. The van der Waals surface area contributed by atoms with E-state index in [1.54, 1.807) is 6.20 Å². The number of hydrogen-bond donors (Lipinski definition) is 1. The second-order valence-electron chi connectivity index (χ2n) is 4.49. The molecule has 0 bridgehead atoms. The van der Waals surface area contributed by atoms with Crippen molar-refractivity contribution in [2.45, 2.75) is 12.5 Å². The Balaban J connectivity index is 1.81. The van der Waals surface area contributed by atoms with Gasteiger partial charge in [0, 0.05) is 25.3 Å². The van der Waals surface area contributed by atoms with Crippen LogP contribution in [0.1, 0.15) is 6.42 Å². The van der Waals surface area contributed by atoms with Crippen molar-refractivity contribution in [2.24, 2.45) is 5.73 Å². The standard InChI is InChI=1S/C13H15N5/c14-10-6-8-18(9-10)13-5-4-12(16-17-13)11-3-1-2-7-15-11/h1-5,7,10H,6,8-9,14H2. The maximum Gasteiger partial charge on any atom is 0.151 e. The van der Waals surface area contributed by atoms with Crippen LogP contribution >= 0.6 is 0 Å². The number of nitrogens with zero attached hydrogens (tertiary/aromatic N) is 4. The molecule has 3 rings (SSSR count). The van der Waals surface area contributed by atoms with Gasteiger partial charge in [-0.05, 0) is 30.7 Å². The molecule has 18 heavy (non-hydrogen) atoms. The fraction of sp³-hybridized carbons (Fsp3) is 0.308. The number of rotatable bonds is 2. The number of anilines is 1. The van der Waals surface area contributed by atoms with Gasteiger partial charge in [-0.1, -0.05) is 6.07 Å². The van der Waals surface area contributed by atoms with Crippen molar-refractivity contribution in [1.29, 1.82) is 0 Å². The number of hydrogen-bond acceptors (Lipinski definition) is 5. The largest absolute Gasteiger partial charge is 0.354 e. The van der Waals surface area contributed by atoms with Gasteiger partial charge in [0.1, 0.15) is 5.69 Å². The van der Waals surface area contributed by atoms with E-state index >= 15 is 0 Å². The highest BCUT2D eigenvalue weighted by Crippen LogP contribution is 2.19. The van der Waals surface area contributed by atoms with Gasteiger partial charge < -0.3 is 10.6 Å². The summed E-state index contributed by atoms with van der Waals surface area (Å²) in [6.45, 7) is 1.82. The molecule has 0 aromatic carbocycles. The van der Waals surface area contributed by atoms with Crippen LogP contribution in [0.4, 0.5) is 5.82 Å². The summed E-state index contributed by atoms with van der Waals surface area (Å²) in [5, 5.41) is 8.48. The number of aromatic nitrogens is 3. The summed E-state index contributed by atoms with van der Waals surface area (Å²) in [7, 11) is 0. The van der Waals surface area contributed by atoms with Crippen molar-refractivity contribution in [1.82, 2.24) is 15.2 Å². The first-order valence-corrected chi connectivity index (χ1v) is 6.08. The molecule has 1 fully saturated rings. The number of pyridine rings is 1. The molecule has 1 saturated heterocycles. The lowest BCUT2D eigenvalue weighted by atomic mass is 10.2. The Morgan fingerprint density at radius 3 is 2.67 bits per heavy atom. The Hall–Kier alpha value is -2.01. The van der Waals surface area contributed by atoms with Gasteiger partial charge in [-0.25, -0.2) is 0 Å². The van der Waals surface area contributed by atoms with Crippen molar-refractivity contribution < 1.29 is 0 Å². The quantitative estimate of drug-likeness (QED) is 0.852. The molecule has 0 radical (unpaired) electrons. The Morgan fingerprint density at radius 1 is 1.11 bits per heavy atom. The normalized spacial score (nSPS) is 19.2. The molecule has 0 spiro atoms. The molecule has 1 atom stereocenters. The lowest BCUT2D eigenvalue weighted by Crippen LogP contribution is -2.27. The topological polar surface area (TPSA) is 67.9 Å². The minimum absolute atomic E-state index is 0.252. The van der Waals surface area contributed by atoms with E-state index in [9.17, 15) is 0 Å². The zero-order chi connectivity index (χ0) is 12.4. The SMILES string of the molecule is NC1CCN(c2ccc(-c3ccccn3)nn2)C1. The molecule has 0 aliphatic carbocycles. The van der Waals surface area contributed by atoms with E-state index in [1.165, 1.54) is 0 Å². The Kier molecular flexibility index (Phi) is 2.90. The van der Waals surface area contributed by atoms with Gasteiger partial charge in [0.05, 0.1) is 5.69 Å². The van der Waals surface area contributed by atoms with Crippen LogP contribution in [-0.4, -0.2) is 34.3 Å². The van der Waals surface area contributed by atoms with Crippen LogP contribution < -0.4 is 10.6 Å². The molecule has 2 aromatic rings. The summed E-state index contributed by atoms with van der Waals surface area (Å²) in [4.78, 5) is 6.42. The third-order valence-electron chi connectivity index (χ3n) is 3.13. The van der Waals surface area contributed by atoms with E-state index in [1.807, 2.05) is 30.3 Å². The molecule has 2 N–H and O–H groups in total. The summed E-state index contributed by atoms with van der Waals surface area (Å²) < 4.78 is 0. The first-order chi connectivity index (χ1) is 8.83. The van der Waals surface area contributed by atoms with E-state index in [0.29, 0.717) is 0 Å². The Bertz CT molecular complexity index is 511. The van der Waals surface area contributed by atoms with Gasteiger partial charge in [0.2, 0.25) is 0 Å². The summed E-state index contributed by atoms with van der Waals surface area (Å²) in [5.41, 5.74) is 7.52. The smallest absolute Gasteiger partial charge is 0.151 e. The summed E-state index contributed by atoms with van der Waals surface area (Å²) in [6.07, 6.45) is 2.77. The van der Waals surface area contributed by atoms with Crippen molar-refractivity contribution in [3.63, 3.8) is 0 Å². The van der Waals surface area contributed by atoms with Crippen molar-refractivity contribution in [2.75, 3.05) is 18.0 Å². The average molecular weight is 241 g/mol. The van der Waals surface area contributed by atoms with Crippen LogP contribution in [0.15, 0.2) is 36.5 Å². The van der Waals surface area contributed by atoms with Gasteiger partial charge in [0.15, 0.2) is 5.82 Å². The van der Waals surface area contributed by atoms with Gasteiger partial charge in [-0.15, -0.1) is 10.2 Å². The average Bonchev–Trinajstić information content (AvgIpc) is 2.87. The van der Waals surface area contributed by atoms with E-state index in [-0.39, 0.29) is 6.04 Å². The van der Waals surface area contributed by atoms with Crippen LogP contribution in [-0.2, 0) is 0 Å².